The normalized spacial score (nSPS) is 29.0. The van der Waals surface area contributed by atoms with E-state index in [9.17, 15) is 9.59 Å². The Labute approximate surface area is 128 Å². The van der Waals surface area contributed by atoms with Gasteiger partial charge in [-0.15, -0.1) is 0 Å². The number of carbonyl (C=O) groups excluding carboxylic acids is 2. The van der Waals surface area contributed by atoms with Crippen LogP contribution in [0.3, 0.4) is 0 Å². The number of hydrogen-bond acceptors (Lipinski definition) is 5. The second-order valence-corrected chi connectivity index (χ2v) is 6.14. The van der Waals surface area contributed by atoms with Gasteiger partial charge in [0.05, 0.1) is 11.4 Å². The minimum absolute atomic E-state index is 0.0139. The lowest BCUT2D eigenvalue weighted by atomic mass is 9.63. The number of allylic oxidation sites excluding steroid dienone is 2. The summed E-state index contributed by atoms with van der Waals surface area (Å²) in [4.78, 5) is 34.6. The van der Waals surface area contributed by atoms with Gasteiger partial charge in [0, 0.05) is 24.2 Å². The summed E-state index contributed by atoms with van der Waals surface area (Å²) < 4.78 is 5.66. The third kappa shape index (κ3) is 1.47. The first-order valence-corrected chi connectivity index (χ1v) is 7.42. The van der Waals surface area contributed by atoms with E-state index in [1.54, 1.807) is 21.0 Å². The smallest absolute Gasteiger partial charge is 0.213 e. The molecule has 4 aliphatic carbocycles. The number of methoxy groups -OCH3 is 1. The summed E-state index contributed by atoms with van der Waals surface area (Å²) >= 11 is 0. The molecule has 0 unspecified atom stereocenters. The molecule has 1 aromatic rings. The van der Waals surface area contributed by atoms with Crippen LogP contribution < -0.4 is 0 Å². The fraction of sp³-hybridized carbons (Fsp3) is 0.412. The van der Waals surface area contributed by atoms with E-state index in [0.717, 1.165) is 12.8 Å². The molecule has 5 heteroatoms. The number of fused-ring (bicyclic) bond motifs is 2. The number of ether oxygens (including phenoxy) is 1. The maximum atomic E-state index is 13.0. The van der Waals surface area contributed by atoms with Crippen molar-refractivity contribution in [3.63, 3.8) is 0 Å². The number of rotatable bonds is 1. The molecule has 1 heterocycles. The quantitative estimate of drug-likeness (QED) is 0.743. The zero-order chi connectivity index (χ0) is 15.6. The van der Waals surface area contributed by atoms with Crippen LogP contribution in [0.15, 0.2) is 23.3 Å². The summed E-state index contributed by atoms with van der Waals surface area (Å²) in [7, 11) is 1.58. The van der Waals surface area contributed by atoms with Crippen LogP contribution in [0.1, 0.15) is 45.2 Å². The Morgan fingerprint density at radius 3 is 2.32 bits per heavy atom. The maximum absolute atomic E-state index is 13.0. The zero-order valence-corrected chi connectivity index (χ0v) is 12.8. The van der Waals surface area contributed by atoms with Crippen molar-refractivity contribution in [2.75, 3.05) is 7.11 Å². The Morgan fingerprint density at radius 2 is 1.77 bits per heavy atom. The number of aryl methyl sites for hydroxylation is 2. The van der Waals surface area contributed by atoms with Crippen molar-refractivity contribution in [2.24, 2.45) is 5.92 Å². The molecule has 1 aromatic heterocycles. The van der Waals surface area contributed by atoms with Crippen molar-refractivity contribution in [1.82, 2.24) is 9.97 Å². The Bertz CT molecular complexity index is 806. The highest BCUT2D eigenvalue weighted by atomic mass is 16.5. The monoisotopic (exact) mass is 296 g/mol. The largest absolute Gasteiger partial charge is 0.369 e. The highest BCUT2D eigenvalue weighted by Crippen LogP contribution is 2.49. The van der Waals surface area contributed by atoms with E-state index in [4.69, 9.17) is 4.74 Å². The lowest BCUT2D eigenvalue weighted by molar-refractivity contribution is 0.0340. The van der Waals surface area contributed by atoms with Gasteiger partial charge >= 0.3 is 0 Å². The summed E-state index contributed by atoms with van der Waals surface area (Å²) in [6, 6.07) is 0. The van der Waals surface area contributed by atoms with Crippen LogP contribution >= 0.6 is 0 Å². The van der Waals surface area contributed by atoms with Crippen LogP contribution in [-0.4, -0.2) is 34.2 Å². The van der Waals surface area contributed by atoms with Crippen molar-refractivity contribution < 1.29 is 14.3 Å². The first-order valence-electron chi connectivity index (χ1n) is 7.42. The number of ketones is 2. The van der Waals surface area contributed by atoms with E-state index in [0.29, 0.717) is 22.5 Å². The predicted octanol–water partition coefficient (Wildman–Crippen LogP) is 2.13. The van der Waals surface area contributed by atoms with E-state index in [-0.39, 0.29) is 28.9 Å². The van der Waals surface area contributed by atoms with Crippen molar-refractivity contribution in [3.05, 3.63) is 46.1 Å². The molecule has 2 bridgehead atoms. The zero-order valence-electron chi connectivity index (χ0n) is 12.8. The molecule has 4 aliphatic rings. The molecule has 5 nitrogen and oxygen atoms in total. The second kappa shape index (κ2) is 4.20. The standard InChI is InChI=1S/C17H16N2O3/c1-8-9(2)19-14-13(18-8)15(20)11-10-4-6-17(22-3,7-5-10)12(11)16(14)21/h4,6,10H,5,7H2,1-3H3/t10-,17-/m1/s1. The van der Waals surface area contributed by atoms with Crippen LogP contribution in [0.2, 0.25) is 0 Å². The fourth-order valence-electron chi connectivity index (χ4n) is 3.72. The Kier molecular flexibility index (Phi) is 2.58. The summed E-state index contributed by atoms with van der Waals surface area (Å²) in [6.07, 6.45) is 5.44. The van der Waals surface area contributed by atoms with Crippen molar-refractivity contribution >= 4 is 11.6 Å². The van der Waals surface area contributed by atoms with E-state index in [2.05, 4.69) is 9.97 Å². The van der Waals surface area contributed by atoms with Gasteiger partial charge in [-0.1, -0.05) is 12.2 Å². The van der Waals surface area contributed by atoms with Gasteiger partial charge < -0.3 is 4.74 Å². The Balaban J connectivity index is 2.00. The van der Waals surface area contributed by atoms with Crippen LogP contribution in [0.4, 0.5) is 0 Å². The molecule has 2 atom stereocenters. The number of aromatic nitrogens is 2. The van der Waals surface area contributed by atoms with Gasteiger partial charge in [-0.2, -0.15) is 0 Å². The van der Waals surface area contributed by atoms with Crippen LogP contribution in [0, 0.1) is 19.8 Å². The average Bonchev–Trinajstić information content (AvgIpc) is 2.54. The molecule has 0 saturated heterocycles. The molecular formula is C17H16N2O3. The predicted molar refractivity (Wildman–Crippen MR) is 78.8 cm³/mol. The third-order valence-electron chi connectivity index (χ3n) is 5.06. The summed E-state index contributed by atoms with van der Waals surface area (Å²) in [5.74, 6) is -0.396. The van der Waals surface area contributed by atoms with Gasteiger partial charge in [0.1, 0.15) is 17.0 Å². The van der Waals surface area contributed by atoms with Crippen LogP contribution in [0.5, 0.6) is 0 Å². The second-order valence-electron chi connectivity index (χ2n) is 6.14. The minimum Gasteiger partial charge on any atom is -0.369 e. The van der Waals surface area contributed by atoms with Crippen molar-refractivity contribution in [1.29, 1.82) is 0 Å². The fourth-order valence-corrected chi connectivity index (χ4v) is 3.72. The molecule has 0 N–H and O–H groups in total. The molecule has 0 amide bonds. The van der Waals surface area contributed by atoms with Gasteiger partial charge in [0.2, 0.25) is 11.6 Å². The number of hydrogen-bond donors (Lipinski definition) is 0. The van der Waals surface area contributed by atoms with Gasteiger partial charge in [-0.25, -0.2) is 9.97 Å². The van der Waals surface area contributed by atoms with Crippen molar-refractivity contribution in [3.8, 4) is 0 Å². The molecule has 5 rings (SSSR count). The van der Waals surface area contributed by atoms with E-state index in [1.165, 1.54) is 0 Å². The highest BCUT2D eigenvalue weighted by Gasteiger charge is 2.52. The molecule has 0 spiro atoms. The third-order valence-corrected chi connectivity index (χ3v) is 5.06. The molecule has 0 saturated carbocycles. The maximum Gasteiger partial charge on any atom is 0.213 e. The van der Waals surface area contributed by atoms with Gasteiger partial charge in [0.25, 0.3) is 0 Å². The SMILES string of the molecule is CO[C@]12C=C[C@H](CC1)C1=C2C(=O)c2nc(C)c(C)nc2C1=O. The first kappa shape index (κ1) is 13.5. The van der Waals surface area contributed by atoms with E-state index < -0.39 is 5.60 Å². The molecule has 0 radical (unpaired) electrons. The molecule has 112 valence electrons. The number of nitrogens with zero attached hydrogens (tertiary/aromatic N) is 2. The lowest BCUT2D eigenvalue weighted by Gasteiger charge is -2.44. The van der Waals surface area contributed by atoms with E-state index >= 15 is 0 Å². The summed E-state index contributed by atoms with van der Waals surface area (Å²) in [6.45, 7) is 3.59. The summed E-state index contributed by atoms with van der Waals surface area (Å²) in [5.41, 5.74) is 1.97. The molecule has 22 heavy (non-hydrogen) atoms. The Morgan fingerprint density at radius 1 is 1.14 bits per heavy atom. The van der Waals surface area contributed by atoms with Gasteiger partial charge in [0.15, 0.2) is 0 Å². The summed E-state index contributed by atoms with van der Waals surface area (Å²) in [5, 5.41) is 0. The van der Waals surface area contributed by atoms with Gasteiger partial charge in [-0.3, -0.25) is 9.59 Å². The molecule has 0 fully saturated rings. The van der Waals surface area contributed by atoms with Crippen molar-refractivity contribution in [2.45, 2.75) is 32.3 Å². The van der Waals surface area contributed by atoms with Crippen LogP contribution in [0.25, 0.3) is 0 Å². The van der Waals surface area contributed by atoms with Crippen LogP contribution in [-0.2, 0) is 4.74 Å². The topological polar surface area (TPSA) is 69.2 Å². The first-order chi connectivity index (χ1) is 10.5. The van der Waals surface area contributed by atoms with Gasteiger partial charge in [-0.05, 0) is 26.7 Å². The highest BCUT2D eigenvalue weighted by molar-refractivity contribution is 6.27. The molecular weight excluding hydrogens is 280 g/mol. The minimum atomic E-state index is -0.783. The Hall–Kier alpha value is -2.14. The lowest BCUT2D eigenvalue weighted by Crippen LogP contribution is -2.47. The number of carbonyl (C=O) groups is 2. The molecule has 0 aliphatic heterocycles. The van der Waals surface area contributed by atoms with E-state index in [1.807, 2.05) is 12.2 Å². The number of Topliss-reactive ketones (excluding diaryl/α,β-unsaturated/α-hetero) is 2. The average molecular weight is 296 g/mol. The molecule has 0 aromatic carbocycles.